The van der Waals surface area contributed by atoms with E-state index in [1.807, 2.05) is 30.6 Å². The molecule has 1 heterocycles. The van der Waals surface area contributed by atoms with Gasteiger partial charge in [0, 0.05) is 29.5 Å². The molecule has 2 aromatic rings. The maximum Gasteiger partial charge on any atom is 0.0406 e. The highest BCUT2D eigenvalue weighted by atomic mass is 35.5. The van der Waals surface area contributed by atoms with Gasteiger partial charge >= 0.3 is 0 Å². The summed E-state index contributed by atoms with van der Waals surface area (Å²) in [4.78, 5) is 4.18. The first-order chi connectivity index (χ1) is 9.72. The summed E-state index contributed by atoms with van der Waals surface area (Å²) in [6.45, 7) is 2.20. The molecule has 1 N–H and O–H groups in total. The van der Waals surface area contributed by atoms with Crippen LogP contribution in [-0.2, 0) is 0 Å². The van der Waals surface area contributed by atoms with Gasteiger partial charge in [-0.25, -0.2) is 0 Å². The molecule has 1 aromatic heterocycles. The summed E-state index contributed by atoms with van der Waals surface area (Å²) in [5.41, 5.74) is 2.66. The predicted octanol–water partition coefficient (Wildman–Crippen LogP) is 4.33. The molecule has 0 unspecified atom stereocenters. The minimum Gasteiger partial charge on any atom is -0.307 e. The minimum atomic E-state index is 0.361. The maximum absolute atomic E-state index is 5.92. The zero-order valence-corrected chi connectivity index (χ0v) is 12.3. The smallest absolute Gasteiger partial charge is 0.0406 e. The van der Waals surface area contributed by atoms with Crippen LogP contribution < -0.4 is 5.32 Å². The van der Waals surface area contributed by atoms with Crippen LogP contribution in [0.3, 0.4) is 0 Å². The summed E-state index contributed by atoms with van der Waals surface area (Å²) in [6.07, 6.45) is 6.15. The molecule has 0 saturated heterocycles. The van der Waals surface area contributed by atoms with E-state index in [-0.39, 0.29) is 0 Å². The Balaban J connectivity index is 1.52. The predicted molar refractivity (Wildman–Crippen MR) is 83.0 cm³/mol. The summed E-state index contributed by atoms with van der Waals surface area (Å²) in [7, 11) is 0. The van der Waals surface area contributed by atoms with Gasteiger partial charge in [0.1, 0.15) is 0 Å². The Morgan fingerprint density at radius 3 is 2.60 bits per heavy atom. The third-order valence-electron chi connectivity index (χ3n) is 4.15. The van der Waals surface area contributed by atoms with Crippen molar-refractivity contribution in [3.8, 4) is 0 Å². The number of nitrogens with zero attached hydrogens (tertiary/aromatic N) is 1. The lowest BCUT2D eigenvalue weighted by molar-refractivity contribution is 0.271. The second-order valence-corrected chi connectivity index (χ2v) is 6.03. The summed E-state index contributed by atoms with van der Waals surface area (Å²) < 4.78 is 0. The lowest BCUT2D eigenvalue weighted by atomic mass is 9.75. The molecule has 2 nitrogen and oxygen atoms in total. The highest BCUT2D eigenvalue weighted by Gasteiger charge is 2.30. The normalized spacial score (nSPS) is 23.1. The van der Waals surface area contributed by atoms with E-state index in [4.69, 9.17) is 11.6 Å². The van der Waals surface area contributed by atoms with E-state index in [0.29, 0.717) is 18.0 Å². The molecular weight excluding hydrogens is 268 g/mol. The molecule has 0 spiro atoms. The first-order valence-corrected chi connectivity index (χ1v) is 7.51. The van der Waals surface area contributed by atoms with Crippen LogP contribution in [0.2, 0.25) is 5.02 Å². The van der Waals surface area contributed by atoms with Gasteiger partial charge in [0.15, 0.2) is 0 Å². The second-order valence-electron chi connectivity index (χ2n) is 5.59. The maximum atomic E-state index is 5.92. The van der Waals surface area contributed by atoms with Gasteiger partial charge in [0.2, 0.25) is 0 Å². The third kappa shape index (κ3) is 3.02. The lowest BCUT2D eigenvalue weighted by Crippen LogP contribution is -2.41. The van der Waals surface area contributed by atoms with E-state index >= 15 is 0 Å². The number of pyridine rings is 1. The summed E-state index contributed by atoms with van der Waals surface area (Å²) in [5.74, 6) is 0.672. The number of benzene rings is 1. The van der Waals surface area contributed by atoms with Crippen LogP contribution in [-0.4, -0.2) is 11.0 Å². The Bertz CT molecular complexity index is 547. The molecule has 1 atom stereocenters. The lowest BCUT2D eigenvalue weighted by Gasteiger charge is -2.38. The standard InChI is InChI=1S/C17H19ClN2/c1-12(14-3-2-8-19-11-14)20-17-9-15(10-17)13-4-6-16(18)7-5-13/h2-8,11-12,15,17,20H,9-10H2,1H3/t12-,15?,17?/m0/s1. The molecule has 20 heavy (non-hydrogen) atoms. The van der Waals surface area contributed by atoms with Crippen LogP contribution in [0.4, 0.5) is 0 Å². The third-order valence-corrected chi connectivity index (χ3v) is 4.40. The van der Waals surface area contributed by atoms with E-state index in [1.54, 1.807) is 0 Å². The molecule has 0 radical (unpaired) electrons. The van der Waals surface area contributed by atoms with Gasteiger partial charge in [0.25, 0.3) is 0 Å². The molecule has 1 aliphatic carbocycles. The van der Waals surface area contributed by atoms with E-state index in [0.717, 1.165) is 5.02 Å². The molecule has 104 valence electrons. The van der Waals surface area contributed by atoms with E-state index in [1.165, 1.54) is 24.0 Å². The Labute approximate surface area is 125 Å². The number of aromatic nitrogens is 1. The van der Waals surface area contributed by atoms with E-state index < -0.39 is 0 Å². The van der Waals surface area contributed by atoms with Crippen molar-refractivity contribution in [3.63, 3.8) is 0 Å². The fourth-order valence-corrected chi connectivity index (χ4v) is 2.97. The number of rotatable bonds is 4. The Hall–Kier alpha value is -1.38. The van der Waals surface area contributed by atoms with Gasteiger partial charge in [-0.15, -0.1) is 0 Å². The zero-order valence-electron chi connectivity index (χ0n) is 11.6. The summed E-state index contributed by atoms with van der Waals surface area (Å²) in [6, 6.07) is 13.3. The van der Waals surface area contributed by atoms with Crippen molar-refractivity contribution in [2.24, 2.45) is 0 Å². The average Bonchev–Trinajstić information content (AvgIpc) is 2.44. The molecule has 1 aliphatic rings. The van der Waals surface area contributed by atoms with Gasteiger partial charge in [0.05, 0.1) is 0 Å². The molecule has 1 saturated carbocycles. The summed E-state index contributed by atoms with van der Waals surface area (Å²) in [5, 5.41) is 4.49. The summed E-state index contributed by atoms with van der Waals surface area (Å²) >= 11 is 5.92. The molecule has 3 heteroatoms. The fourth-order valence-electron chi connectivity index (χ4n) is 2.84. The van der Waals surface area contributed by atoms with Crippen molar-refractivity contribution in [3.05, 3.63) is 64.9 Å². The van der Waals surface area contributed by atoms with Gasteiger partial charge < -0.3 is 5.32 Å². The topological polar surface area (TPSA) is 24.9 Å². The molecular formula is C17H19ClN2. The van der Waals surface area contributed by atoms with Crippen molar-refractivity contribution in [1.82, 2.24) is 10.3 Å². The van der Waals surface area contributed by atoms with Crippen molar-refractivity contribution in [2.75, 3.05) is 0 Å². The average molecular weight is 287 g/mol. The molecule has 1 fully saturated rings. The fraction of sp³-hybridized carbons (Fsp3) is 0.353. The van der Waals surface area contributed by atoms with Crippen LogP contribution >= 0.6 is 11.6 Å². The van der Waals surface area contributed by atoms with Crippen LogP contribution in [0.5, 0.6) is 0 Å². The second kappa shape index (κ2) is 5.94. The van der Waals surface area contributed by atoms with Crippen molar-refractivity contribution in [1.29, 1.82) is 0 Å². The quantitative estimate of drug-likeness (QED) is 0.905. The molecule has 0 aliphatic heterocycles. The molecule has 3 rings (SSSR count). The van der Waals surface area contributed by atoms with E-state index in [9.17, 15) is 0 Å². The van der Waals surface area contributed by atoms with Gasteiger partial charge in [-0.05, 0) is 55.0 Å². The number of hydrogen-bond acceptors (Lipinski definition) is 2. The monoisotopic (exact) mass is 286 g/mol. The van der Waals surface area contributed by atoms with Gasteiger partial charge in [-0.1, -0.05) is 29.8 Å². The number of hydrogen-bond donors (Lipinski definition) is 1. The van der Waals surface area contributed by atoms with Gasteiger partial charge in [-0.2, -0.15) is 0 Å². The number of nitrogens with one attached hydrogen (secondary N) is 1. The first kappa shape index (κ1) is 13.6. The Morgan fingerprint density at radius 1 is 1.20 bits per heavy atom. The van der Waals surface area contributed by atoms with Crippen LogP contribution in [0.1, 0.15) is 42.9 Å². The highest BCUT2D eigenvalue weighted by Crippen LogP contribution is 2.38. The molecule has 0 bridgehead atoms. The van der Waals surface area contributed by atoms with E-state index in [2.05, 4.69) is 35.4 Å². The molecule has 0 amide bonds. The van der Waals surface area contributed by atoms with Crippen LogP contribution in [0.15, 0.2) is 48.8 Å². The van der Waals surface area contributed by atoms with Gasteiger partial charge in [-0.3, -0.25) is 4.98 Å². The van der Waals surface area contributed by atoms with Crippen molar-refractivity contribution >= 4 is 11.6 Å². The van der Waals surface area contributed by atoms with Crippen LogP contribution in [0.25, 0.3) is 0 Å². The Morgan fingerprint density at radius 2 is 1.95 bits per heavy atom. The zero-order chi connectivity index (χ0) is 13.9. The van der Waals surface area contributed by atoms with Crippen LogP contribution in [0, 0.1) is 0 Å². The SMILES string of the molecule is C[C@H](NC1CC(c2ccc(Cl)cc2)C1)c1cccnc1. The molecule has 1 aromatic carbocycles. The number of halogens is 1. The highest BCUT2D eigenvalue weighted by molar-refractivity contribution is 6.30. The minimum absolute atomic E-state index is 0.361. The Kier molecular flexibility index (Phi) is 4.04. The van der Waals surface area contributed by atoms with Crippen molar-refractivity contribution in [2.45, 2.75) is 37.8 Å². The first-order valence-electron chi connectivity index (χ1n) is 7.14. The van der Waals surface area contributed by atoms with Crippen molar-refractivity contribution < 1.29 is 0 Å². The largest absolute Gasteiger partial charge is 0.307 e.